The van der Waals surface area contributed by atoms with Crippen molar-refractivity contribution in [3.05, 3.63) is 71.0 Å². The number of hydrogen-bond donors (Lipinski definition) is 0. The average molecular weight is 279 g/mol. The first kappa shape index (κ1) is 14.6. The van der Waals surface area contributed by atoms with Crippen molar-refractivity contribution >= 4 is 0 Å². The lowest BCUT2D eigenvalue weighted by Gasteiger charge is -2.21. The fourth-order valence-electron chi connectivity index (χ4n) is 2.08. The van der Waals surface area contributed by atoms with Gasteiger partial charge in [-0.05, 0) is 36.4 Å². The summed E-state index contributed by atoms with van der Waals surface area (Å²) in [5.74, 6) is -1.42. The van der Waals surface area contributed by atoms with Crippen molar-refractivity contribution in [3.8, 4) is 0 Å². The topological polar surface area (TPSA) is 3.24 Å². The number of halogens is 3. The van der Waals surface area contributed by atoms with Crippen LogP contribution in [-0.4, -0.2) is 11.4 Å². The van der Waals surface area contributed by atoms with E-state index in [0.717, 1.165) is 5.56 Å². The summed E-state index contributed by atoms with van der Waals surface area (Å²) in [4.78, 5) is 1.86. The molecule has 0 aliphatic heterocycles. The summed E-state index contributed by atoms with van der Waals surface area (Å²) in [6.07, 6.45) is 0. The number of benzene rings is 2. The minimum Gasteiger partial charge on any atom is -0.295 e. The van der Waals surface area contributed by atoms with Crippen molar-refractivity contribution in [1.29, 1.82) is 0 Å². The summed E-state index contributed by atoms with van der Waals surface area (Å²) < 4.78 is 40.4. The van der Waals surface area contributed by atoms with Crippen molar-refractivity contribution in [1.82, 2.24) is 4.90 Å². The normalized spacial score (nSPS) is 11.1. The minimum atomic E-state index is -0.553. The third kappa shape index (κ3) is 3.61. The summed E-state index contributed by atoms with van der Waals surface area (Å²) >= 11 is 0. The standard InChI is InChI=1S/C16H16F3N/c1-2-20(10-12-5-3-6-13(17)9-12)11-14-15(18)7-4-8-16(14)19/h3-9H,2,10-11H2,1H3. The van der Waals surface area contributed by atoms with E-state index in [4.69, 9.17) is 0 Å². The molecule has 0 radical (unpaired) electrons. The van der Waals surface area contributed by atoms with Crippen LogP contribution in [0.1, 0.15) is 18.1 Å². The smallest absolute Gasteiger partial charge is 0.130 e. The van der Waals surface area contributed by atoms with Crippen LogP contribution in [0.5, 0.6) is 0 Å². The molecule has 0 fully saturated rings. The highest BCUT2D eigenvalue weighted by atomic mass is 19.1. The van der Waals surface area contributed by atoms with Gasteiger partial charge in [-0.1, -0.05) is 25.1 Å². The second-order valence-corrected chi connectivity index (χ2v) is 4.63. The predicted octanol–water partition coefficient (Wildman–Crippen LogP) is 4.13. The number of rotatable bonds is 5. The second-order valence-electron chi connectivity index (χ2n) is 4.63. The third-order valence-corrected chi connectivity index (χ3v) is 3.19. The van der Waals surface area contributed by atoms with Crippen LogP contribution in [0.25, 0.3) is 0 Å². The summed E-state index contributed by atoms with van der Waals surface area (Å²) in [6.45, 7) is 3.12. The Morgan fingerprint density at radius 1 is 0.900 bits per heavy atom. The molecule has 1 nitrogen and oxygen atoms in total. The molecule has 0 aliphatic rings. The lowest BCUT2D eigenvalue weighted by molar-refractivity contribution is 0.262. The molecule has 2 aromatic rings. The van der Waals surface area contributed by atoms with Crippen molar-refractivity contribution in [2.75, 3.05) is 6.54 Å². The Hall–Kier alpha value is -1.81. The molecule has 0 aliphatic carbocycles. The van der Waals surface area contributed by atoms with Crippen molar-refractivity contribution < 1.29 is 13.2 Å². The molecule has 106 valence electrons. The Labute approximate surface area is 116 Å². The number of nitrogens with zero attached hydrogens (tertiary/aromatic N) is 1. The quantitative estimate of drug-likeness (QED) is 0.795. The zero-order chi connectivity index (χ0) is 14.5. The van der Waals surface area contributed by atoms with E-state index in [1.807, 2.05) is 11.8 Å². The van der Waals surface area contributed by atoms with Crippen LogP contribution >= 0.6 is 0 Å². The minimum absolute atomic E-state index is 0.0470. The molecule has 0 saturated heterocycles. The largest absolute Gasteiger partial charge is 0.295 e. The lowest BCUT2D eigenvalue weighted by atomic mass is 10.1. The Morgan fingerprint density at radius 3 is 2.15 bits per heavy atom. The lowest BCUT2D eigenvalue weighted by Crippen LogP contribution is -2.23. The maximum absolute atomic E-state index is 13.6. The molecule has 0 atom stereocenters. The van der Waals surface area contributed by atoms with Gasteiger partial charge in [0.2, 0.25) is 0 Å². The molecule has 0 unspecified atom stereocenters. The average Bonchev–Trinajstić information content (AvgIpc) is 2.42. The summed E-state index contributed by atoms with van der Waals surface area (Å²) in [5.41, 5.74) is 0.828. The molecule has 0 bridgehead atoms. The molecule has 0 N–H and O–H groups in total. The first-order valence-electron chi connectivity index (χ1n) is 6.50. The van der Waals surface area contributed by atoms with E-state index in [-0.39, 0.29) is 17.9 Å². The molecule has 4 heteroatoms. The van der Waals surface area contributed by atoms with Gasteiger partial charge in [-0.3, -0.25) is 4.90 Å². The first-order valence-corrected chi connectivity index (χ1v) is 6.50. The third-order valence-electron chi connectivity index (χ3n) is 3.19. The van der Waals surface area contributed by atoms with Gasteiger partial charge < -0.3 is 0 Å². The van der Waals surface area contributed by atoms with E-state index in [9.17, 15) is 13.2 Å². The van der Waals surface area contributed by atoms with Crippen LogP contribution in [0.15, 0.2) is 42.5 Å². The monoisotopic (exact) mass is 279 g/mol. The zero-order valence-electron chi connectivity index (χ0n) is 11.2. The van der Waals surface area contributed by atoms with E-state index in [1.165, 1.54) is 30.3 Å². The van der Waals surface area contributed by atoms with Crippen LogP contribution < -0.4 is 0 Å². The Morgan fingerprint density at radius 2 is 1.55 bits per heavy atom. The Balaban J connectivity index is 2.13. The molecule has 2 aromatic carbocycles. The second kappa shape index (κ2) is 6.57. The van der Waals surface area contributed by atoms with Gasteiger partial charge in [0.15, 0.2) is 0 Å². The van der Waals surface area contributed by atoms with Gasteiger partial charge in [-0.25, -0.2) is 13.2 Å². The van der Waals surface area contributed by atoms with Crippen LogP contribution in [0, 0.1) is 17.5 Å². The van der Waals surface area contributed by atoms with Crippen LogP contribution in [0.4, 0.5) is 13.2 Å². The maximum Gasteiger partial charge on any atom is 0.130 e. The van der Waals surface area contributed by atoms with Gasteiger partial charge in [0.05, 0.1) is 0 Å². The molecule has 0 aromatic heterocycles. The molecule has 0 spiro atoms. The molecule has 0 heterocycles. The van der Waals surface area contributed by atoms with Gasteiger partial charge in [-0.15, -0.1) is 0 Å². The predicted molar refractivity (Wildman–Crippen MR) is 72.5 cm³/mol. The molecule has 0 saturated carbocycles. The highest BCUT2D eigenvalue weighted by Crippen LogP contribution is 2.16. The zero-order valence-corrected chi connectivity index (χ0v) is 11.2. The van der Waals surface area contributed by atoms with Crippen LogP contribution in [-0.2, 0) is 13.1 Å². The molecular formula is C16H16F3N. The summed E-state index contributed by atoms with van der Waals surface area (Å²) in [7, 11) is 0. The van der Waals surface area contributed by atoms with Crippen molar-refractivity contribution in [3.63, 3.8) is 0 Å². The van der Waals surface area contributed by atoms with Crippen LogP contribution in [0.3, 0.4) is 0 Å². The number of hydrogen-bond acceptors (Lipinski definition) is 1. The van der Waals surface area contributed by atoms with Crippen molar-refractivity contribution in [2.45, 2.75) is 20.0 Å². The van der Waals surface area contributed by atoms with E-state index in [0.29, 0.717) is 13.1 Å². The SMILES string of the molecule is CCN(Cc1cccc(F)c1)Cc1c(F)cccc1F. The van der Waals surface area contributed by atoms with Gasteiger partial charge in [-0.2, -0.15) is 0 Å². The first-order chi connectivity index (χ1) is 9.60. The van der Waals surface area contributed by atoms with E-state index in [2.05, 4.69) is 0 Å². The molecular weight excluding hydrogens is 263 g/mol. The maximum atomic E-state index is 13.6. The van der Waals surface area contributed by atoms with Crippen molar-refractivity contribution in [2.24, 2.45) is 0 Å². The highest BCUT2D eigenvalue weighted by Gasteiger charge is 2.13. The fraction of sp³-hybridized carbons (Fsp3) is 0.250. The summed E-state index contributed by atoms with van der Waals surface area (Å²) in [6, 6.07) is 10.1. The molecule has 20 heavy (non-hydrogen) atoms. The van der Waals surface area contributed by atoms with Gasteiger partial charge in [0.1, 0.15) is 17.5 Å². The molecule has 0 amide bonds. The van der Waals surface area contributed by atoms with E-state index < -0.39 is 11.6 Å². The summed E-state index contributed by atoms with van der Waals surface area (Å²) in [5, 5.41) is 0. The van der Waals surface area contributed by atoms with Crippen LogP contribution in [0.2, 0.25) is 0 Å². The van der Waals surface area contributed by atoms with Gasteiger partial charge in [0, 0.05) is 18.7 Å². The Kier molecular flexibility index (Phi) is 4.79. The Bertz CT molecular complexity index is 563. The van der Waals surface area contributed by atoms with Gasteiger partial charge >= 0.3 is 0 Å². The molecule has 2 rings (SSSR count). The van der Waals surface area contributed by atoms with Gasteiger partial charge in [0.25, 0.3) is 0 Å². The van der Waals surface area contributed by atoms with E-state index >= 15 is 0 Å². The highest BCUT2D eigenvalue weighted by molar-refractivity contribution is 5.20. The fourth-order valence-corrected chi connectivity index (χ4v) is 2.08. The van der Waals surface area contributed by atoms with E-state index in [1.54, 1.807) is 12.1 Å².